The largest absolute Gasteiger partial charge is 0.374 e. The average molecular weight is 199 g/mol. The molecule has 0 fully saturated rings. The maximum absolute atomic E-state index is 6.08. The molecule has 0 radical (unpaired) electrons. The Morgan fingerprint density at radius 1 is 1.62 bits per heavy atom. The predicted octanol–water partition coefficient (Wildman–Crippen LogP) is 2.56. The van der Waals surface area contributed by atoms with Crippen LogP contribution < -0.4 is 5.73 Å². The summed E-state index contributed by atoms with van der Waals surface area (Å²) in [7, 11) is 0. The molecule has 1 aromatic heterocycles. The van der Waals surface area contributed by atoms with Gasteiger partial charge in [0.05, 0.1) is 11.6 Å². The lowest BCUT2D eigenvalue weighted by molar-refractivity contribution is -0.0297. The van der Waals surface area contributed by atoms with Gasteiger partial charge in [-0.1, -0.05) is 0 Å². The molecule has 0 aliphatic heterocycles. The van der Waals surface area contributed by atoms with Crippen molar-refractivity contribution in [3.8, 4) is 0 Å². The van der Waals surface area contributed by atoms with Gasteiger partial charge in [-0.3, -0.25) is 0 Å². The van der Waals surface area contributed by atoms with Crippen LogP contribution in [-0.2, 0) is 4.74 Å². The molecule has 1 rings (SSSR count). The number of ether oxygens (including phenoxy) is 1. The van der Waals surface area contributed by atoms with Gasteiger partial charge in [-0.2, -0.15) is 11.3 Å². The van der Waals surface area contributed by atoms with Gasteiger partial charge in [0.25, 0.3) is 0 Å². The summed E-state index contributed by atoms with van der Waals surface area (Å²) in [5.41, 5.74) is 6.96. The minimum absolute atomic E-state index is 0.0429. The number of thiophene rings is 1. The van der Waals surface area contributed by atoms with Crippen LogP contribution in [0.4, 0.5) is 0 Å². The van der Waals surface area contributed by atoms with E-state index in [-0.39, 0.29) is 11.6 Å². The highest BCUT2D eigenvalue weighted by Gasteiger charge is 2.28. The van der Waals surface area contributed by atoms with Crippen LogP contribution in [0.1, 0.15) is 32.4 Å². The molecule has 74 valence electrons. The van der Waals surface area contributed by atoms with Crippen molar-refractivity contribution < 1.29 is 4.74 Å². The quantitative estimate of drug-likeness (QED) is 0.809. The minimum Gasteiger partial charge on any atom is -0.374 e. The summed E-state index contributed by atoms with van der Waals surface area (Å²) >= 11 is 1.67. The highest BCUT2D eigenvalue weighted by molar-refractivity contribution is 7.07. The second-order valence-electron chi connectivity index (χ2n) is 3.57. The molecule has 1 unspecified atom stereocenters. The fourth-order valence-electron chi connectivity index (χ4n) is 1.32. The predicted molar refractivity (Wildman–Crippen MR) is 57.0 cm³/mol. The van der Waals surface area contributed by atoms with Crippen molar-refractivity contribution in [2.75, 3.05) is 6.61 Å². The molecular formula is C10H17NOS. The van der Waals surface area contributed by atoms with Gasteiger partial charge in [-0.15, -0.1) is 0 Å². The summed E-state index contributed by atoms with van der Waals surface area (Å²) in [6, 6.07) is 2.01. The van der Waals surface area contributed by atoms with Crippen molar-refractivity contribution in [1.29, 1.82) is 0 Å². The molecule has 2 N–H and O–H groups in total. The first-order chi connectivity index (χ1) is 6.08. The summed E-state index contributed by atoms with van der Waals surface area (Å²) in [6.07, 6.45) is 0. The van der Waals surface area contributed by atoms with Crippen molar-refractivity contribution in [2.45, 2.75) is 32.4 Å². The summed E-state index contributed by atoms with van der Waals surface area (Å²) < 4.78 is 5.59. The second kappa shape index (κ2) is 4.22. The Morgan fingerprint density at radius 2 is 2.31 bits per heavy atom. The van der Waals surface area contributed by atoms with E-state index in [1.165, 1.54) is 0 Å². The molecule has 3 heteroatoms. The summed E-state index contributed by atoms with van der Waals surface area (Å²) in [5, 5.41) is 4.11. The molecule has 13 heavy (non-hydrogen) atoms. The van der Waals surface area contributed by atoms with E-state index in [2.05, 4.69) is 11.4 Å². The standard InChI is InChI=1S/C10H17NOS/c1-4-12-10(2,3)9(11)8-5-6-13-7-8/h5-7,9H,4,11H2,1-3H3. The zero-order chi connectivity index (χ0) is 9.90. The maximum Gasteiger partial charge on any atom is 0.0818 e. The van der Waals surface area contributed by atoms with E-state index >= 15 is 0 Å². The first kappa shape index (κ1) is 10.7. The molecule has 0 aliphatic carbocycles. The topological polar surface area (TPSA) is 35.2 Å². The number of hydrogen-bond donors (Lipinski definition) is 1. The van der Waals surface area contributed by atoms with E-state index in [4.69, 9.17) is 10.5 Å². The Bertz CT molecular complexity index is 243. The number of hydrogen-bond acceptors (Lipinski definition) is 3. The summed E-state index contributed by atoms with van der Waals surface area (Å²) in [4.78, 5) is 0. The lowest BCUT2D eigenvalue weighted by atomic mass is 9.94. The molecule has 0 aromatic carbocycles. The van der Waals surface area contributed by atoms with E-state index in [1.54, 1.807) is 11.3 Å². The molecular weight excluding hydrogens is 182 g/mol. The van der Waals surface area contributed by atoms with Crippen molar-refractivity contribution >= 4 is 11.3 Å². The van der Waals surface area contributed by atoms with Crippen LogP contribution in [0.2, 0.25) is 0 Å². The van der Waals surface area contributed by atoms with Crippen molar-refractivity contribution in [1.82, 2.24) is 0 Å². The first-order valence-corrected chi connectivity index (χ1v) is 5.44. The van der Waals surface area contributed by atoms with Crippen LogP contribution in [0.25, 0.3) is 0 Å². The third kappa shape index (κ3) is 2.53. The monoisotopic (exact) mass is 199 g/mol. The van der Waals surface area contributed by atoms with E-state index < -0.39 is 0 Å². The molecule has 0 bridgehead atoms. The molecule has 0 amide bonds. The van der Waals surface area contributed by atoms with Crippen LogP contribution >= 0.6 is 11.3 Å². The van der Waals surface area contributed by atoms with Gasteiger partial charge >= 0.3 is 0 Å². The highest BCUT2D eigenvalue weighted by Crippen LogP contribution is 2.27. The number of rotatable bonds is 4. The minimum atomic E-state index is -0.282. The van der Waals surface area contributed by atoms with Gasteiger partial charge in [0.1, 0.15) is 0 Å². The molecule has 0 aliphatic rings. The molecule has 1 atom stereocenters. The third-order valence-corrected chi connectivity index (χ3v) is 2.87. The van der Waals surface area contributed by atoms with E-state index in [0.717, 1.165) is 5.56 Å². The van der Waals surface area contributed by atoms with Crippen LogP contribution in [-0.4, -0.2) is 12.2 Å². The Morgan fingerprint density at radius 3 is 2.77 bits per heavy atom. The van der Waals surface area contributed by atoms with E-state index in [9.17, 15) is 0 Å². The molecule has 0 saturated heterocycles. The van der Waals surface area contributed by atoms with E-state index in [1.807, 2.05) is 26.2 Å². The lowest BCUT2D eigenvalue weighted by Gasteiger charge is -2.31. The Hall–Kier alpha value is -0.380. The summed E-state index contributed by atoms with van der Waals surface area (Å²) in [6.45, 7) is 6.74. The Kier molecular flexibility index (Phi) is 3.47. The van der Waals surface area contributed by atoms with Gasteiger partial charge in [-0.25, -0.2) is 0 Å². The van der Waals surface area contributed by atoms with E-state index in [0.29, 0.717) is 6.61 Å². The van der Waals surface area contributed by atoms with Gasteiger partial charge in [0.2, 0.25) is 0 Å². The smallest absolute Gasteiger partial charge is 0.0818 e. The third-order valence-electron chi connectivity index (χ3n) is 2.17. The van der Waals surface area contributed by atoms with Gasteiger partial charge in [0, 0.05) is 6.61 Å². The second-order valence-corrected chi connectivity index (χ2v) is 4.35. The first-order valence-electron chi connectivity index (χ1n) is 4.49. The Balaban J connectivity index is 2.71. The highest BCUT2D eigenvalue weighted by atomic mass is 32.1. The molecule has 2 nitrogen and oxygen atoms in total. The summed E-state index contributed by atoms with van der Waals surface area (Å²) in [5.74, 6) is 0. The average Bonchev–Trinajstić information content (AvgIpc) is 2.54. The lowest BCUT2D eigenvalue weighted by Crippen LogP contribution is -2.37. The molecule has 1 heterocycles. The SMILES string of the molecule is CCOC(C)(C)C(N)c1ccsc1. The molecule has 0 spiro atoms. The van der Waals surface area contributed by atoms with Gasteiger partial charge in [-0.05, 0) is 43.2 Å². The van der Waals surface area contributed by atoms with Crippen LogP contribution in [0, 0.1) is 0 Å². The zero-order valence-electron chi connectivity index (χ0n) is 8.41. The van der Waals surface area contributed by atoms with Crippen molar-refractivity contribution in [2.24, 2.45) is 5.73 Å². The fraction of sp³-hybridized carbons (Fsp3) is 0.600. The van der Waals surface area contributed by atoms with Crippen LogP contribution in [0.15, 0.2) is 16.8 Å². The van der Waals surface area contributed by atoms with Crippen molar-refractivity contribution in [3.63, 3.8) is 0 Å². The van der Waals surface area contributed by atoms with Crippen molar-refractivity contribution in [3.05, 3.63) is 22.4 Å². The zero-order valence-corrected chi connectivity index (χ0v) is 9.23. The van der Waals surface area contributed by atoms with Gasteiger partial charge < -0.3 is 10.5 Å². The van der Waals surface area contributed by atoms with Gasteiger partial charge in [0.15, 0.2) is 0 Å². The molecule has 0 saturated carbocycles. The molecule has 1 aromatic rings. The van der Waals surface area contributed by atoms with Crippen LogP contribution in [0.3, 0.4) is 0 Å². The number of nitrogens with two attached hydrogens (primary N) is 1. The maximum atomic E-state index is 6.08. The normalized spacial score (nSPS) is 14.5. The van der Waals surface area contributed by atoms with Crippen LogP contribution in [0.5, 0.6) is 0 Å². The Labute approximate surface area is 83.7 Å². The fourth-order valence-corrected chi connectivity index (χ4v) is 2.01.